The Morgan fingerprint density at radius 1 is 1.12 bits per heavy atom. The lowest BCUT2D eigenvalue weighted by atomic mass is 10.1. The summed E-state index contributed by atoms with van der Waals surface area (Å²) in [5.74, 6) is 0.0356. The van der Waals surface area contributed by atoms with E-state index in [1.807, 2.05) is 18.7 Å². The minimum absolute atomic E-state index is 0.0635. The number of rotatable bonds is 5. The van der Waals surface area contributed by atoms with Crippen LogP contribution in [0.25, 0.3) is 0 Å². The average molecular weight is 241 g/mol. The van der Waals surface area contributed by atoms with Crippen molar-refractivity contribution in [1.82, 2.24) is 15.5 Å². The van der Waals surface area contributed by atoms with Gasteiger partial charge in [0.25, 0.3) is 0 Å². The van der Waals surface area contributed by atoms with Crippen LogP contribution in [0, 0.1) is 0 Å². The molecule has 0 aromatic heterocycles. The summed E-state index contributed by atoms with van der Waals surface area (Å²) in [6.07, 6.45) is 3.41. The number of hydrogen-bond acceptors (Lipinski definition) is 3. The molecule has 1 fully saturated rings. The van der Waals surface area contributed by atoms with E-state index in [-0.39, 0.29) is 30.9 Å². The van der Waals surface area contributed by atoms with Gasteiger partial charge in [0.2, 0.25) is 11.8 Å². The molecular weight excluding hydrogens is 218 g/mol. The summed E-state index contributed by atoms with van der Waals surface area (Å²) in [6, 6.07) is 0.141. The second-order valence-electron chi connectivity index (χ2n) is 4.77. The molecule has 98 valence electrons. The van der Waals surface area contributed by atoms with Gasteiger partial charge in [-0.25, -0.2) is 0 Å². The van der Waals surface area contributed by atoms with E-state index in [1.54, 1.807) is 0 Å². The van der Waals surface area contributed by atoms with Gasteiger partial charge < -0.3 is 10.2 Å². The van der Waals surface area contributed by atoms with E-state index >= 15 is 0 Å². The van der Waals surface area contributed by atoms with Gasteiger partial charge in [-0.1, -0.05) is 0 Å². The lowest BCUT2D eigenvalue weighted by Gasteiger charge is -2.26. The molecule has 1 heterocycles. The number of piperidine rings is 1. The van der Waals surface area contributed by atoms with Crippen LogP contribution in [0.3, 0.4) is 0 Å². The van der Waals surface area contributed by atoms with Crippen LogP contribution < -0.4 is 10.6 Å². The van der Waals surface area contributed by atoms with E-state index in [1.165, 1.54) is 6.42 Å². The topological polar surface area (TPSA) is 61.4 Å². The molecule has 0 radical (unpaired) electrons. The molecule has 0 saturated carbocycles. The number of likely N-dealkylation sites (tertiary alicyclic amines) is 1. The summed E-state index contributed by atoms with van der Waals surface area (Å²) in [6.45, 7) is 6.01. The maximum Gasteiger partial charge on any atom is 0.236 e. The summed E-state index contributed by atoms with van der Waals surface area (Å²) in [5, 5.41) is 5.65. The molecule has 0 spiro atoms. The predicted molar refractivity (Wildman–Crippen MR) is 66.6 cm³/mol. The molecule has 1 aliphatic heterocycles. The minimum atomic E-state index is -0.0635. The number of carbonyl (C=O) groups excluding carboxylic acids is 2. The van der Waals surface area contributed by atoms with Gasteiger partial charge in [0.15, 0.2) is 0 Å². The van der Waals surface area contributed by atoms with Crippen molar-refractivity contribution in [3.8, 4) is 0 Å². The highest BCUT2D eigenvalue weighted by atomic mass is 16.2. The van der Waals surface area contributed by atoms with Crippen LogP contribution in [0.4, 0.5) is 0 Å². The van der Waals surface area contributed by atoms with E-state index in [2.05, 4.69) is 10.6 Å². The van der Waals surface area contributed by atoms with Crippen LogP contribution in [0.5, 0.6) is 0 Å². The molecule has 0 aromatic rings. The van der Waals surface area contributed by atoms with Crippen LogP contribution in [-0.4, -0.2) is 48.9 Å². The van der Waals surface area contributed by atoms with E-state index < -0.39 is 0 Å². The van der Waals surface area contributed by atoms with E-state index in [9.17, 15) is 9.59 Å². The predicted octanol–water partition coefficient (Wildman–Crippen LogP) is 0.113. The number of amides is 2. The summed E-state index contributed by atoms with van der Waals surface area (Å²) >= 11 is 0. The first-order valence-electron chi connectivity index (χ1n) is 6.37. The van der Waals surface area contributed by atoms with Crippen molar-refractivity contribution in [3.05, 3.63) is 0 Å². The van der Waals surface area contributed by atoms with Crippen molar-refractivity contribution >= 4 is 11.8 Å². The molecule has 0 aliphatic carbocycles. The van der Waals surface area contributed by atoms with Crippen LogP contribution in [0.15, 0.2) is 0 Å². The van der Waals surface area contributed by atoms with Crippen molar-refractivity contribution < 1.29 is 9.59 Å². The first kappa shape index (κ1) is 14.0. The molecule has 5 nitrogen and oxygen atoms in total. The van der Waals surface area contributed by atoms with Crippen molar-refractivity contribution in [1.29, 1.82) is 0 Å². The van der Waals surface area contributed by atoms with Gasteiger partial charge in [-0.05, 0) is 33.1 Å². The third-order valence-corrected chi connectivity index (χ3v) is 2.72. The minimum Gasteiger partial charge on any atom is -0.353 e. The third kappa shape index (κ3) is 5.68. The molecule has 1 rings (SSSR count). The number of nitrogens with zero attached hydrogens (tertiary/aromatic N) is 1. The second-order valence-corrected chi connectivity index (χ2v) is 4.77. The molecule has 2 amide bonds. The molecule has 1 saturated heterocycles. The zero-order valence-electron chi connectivity index (χ0n) is 10.8. The third-order valence-electron chi connectivity index (χ3n) is 2.72. The highest BCUT2D eigenvalue weighted by Crippen LogP contribution is 2.07. The molecular formula is C12H23N3O2. The van der Waals surface area contributed by atoms with Gasteiger partial charge in [-0.3, -0.25) is 14.9 Å². The van der Waals surface area contributed by atoms with Crippen molar-refractivity contribution in [2.45, 2.75) is 39.2 Å². The molecule has 1 aliphatic rings. The van der Waals surface area contributed by atoms with Gasteiger partial charge in [-0.2, -0.15) is 0 Å². The molecule has 5 heteroatoms. The summed E-state index contributed by atoms with van der Waals surface area (Å²) in [5.41, 5.74) is 0. The fraction of sp³-hybridized carbons (Fsp3) is 0.833. The Labute approximate surface area is 103 Å². The molecule has 0 atom stereocenters. The molecule has 17 heavy (non-hydrogen) atoms. The first-order valence-corrected chi connectivity index (χ1v) is 6.37. The molecule has 2 N–H and O–H groups in total. The standard InChI is InChI=1S/C12H23N3O2/c1-10(2)14-11(16)8-13-9-12(17)15-6-4-3-5-7-15/h10,13H,3-9H2,1-2H3,(H,14,16). The van der Waals surface area contributed by atoms with E-state index in [4.69, 9.17) is 0 Å². The van der Waals surface area contributed by atoms with Gasteiger partial charge in [0.1, 0.15) is 0 Å². The van der Waals surface area contributed by atoms with Gasteiger partial charge in [0, 0.05) is 19.1 Å². The Balaban J connectivity index is 2.13. The SMILES string of the molecule is CC(C)NC(=O)CNCC(=O)N1CCCCC1. The van der Waals surface area contributed by atoms with Crippen LogP contribution in [0.1, 0.15) is 33.1 Å². The summed E-state index contributed by atoms with van der Waals surface area (Å²) < 4.78 is 0. The van der Waals surface area contributed by atoms with Gasteiger partial charge in [-0.15, -0.1) is 0 Å². The normalized spacial score (nSPS) is 16.1. The molecule has 0 aromatic carbocycles. The highest BCUT2D eigenvalue weighted by molar-refractivity contribution is 5.81. The Morgan fingerprint density at radius 3 is 2.35 bits per heavy atom. The highest BCUT2D eigenvalue weighted by Gasteiger charge is 2.15. The monoisotopic (exact) mass is 241 g/mol. The zero-order valence-corrected chi connectivity index (χ0v) is 10.8. The fourth-order valence-corrected chi connectivity index (χ4v) is 1.91. The van der Waals surface area contributed by atoms with Crippen molar-refractivity contribution in [2.75, 3.05) is 26.2 Å². The summed E-state index contributed by atoms with van der Waals surface area (Å²) in [7, 11) is 0. The Kier molecular flexibility index (Phi) is 5.97. The Morgan fingerprint density at radius 2 is 1.76 bits per heavy atom. The van der Waals surface area contributed by atoms with Crippen LogP contribution in [-0.2, 0) is 9.59 Å². The smallest absolute Gasteiger partial charge is 0.236 e. The average Bonchev–Trinajstić information content (AvgIpc) is 2.29. The van der Waals surface area contributed by atoms with Crippen molar-refractivity contribution in [2.24, 2.45) is 0 Å². The van der Waals surface area contributed by atoms with Crippen LogP contribution in [0.2, 0.25) is 0 Å². The quantitative estimate of drug-likeness (QED) is 0.718. The van der Waals surface area contributed by atoms with Gasteiger partial charge >= 0.3 is 0 Å². The van der Waals surface area contributed by atoms with Gasteiger partial charge in [0.05, 0.1) is 13.1 Å². The largest absolute Gasteiger partial charge is 0.353 e. The maximum atomic E-state index is 11.7. The zero-order chi connectivity index (χ0) is 12.7. The number of hydrogen-bond donors (Lipinski definition) is 2. The van der Waals surface area contributed by atoms with Crippen molar-refractivity contribution in [3.63, 3.8) is 0 Å². The lowest BCUT2D eigenvalue weighted by Crippen LogP contribution is -2.44. The molecule has 0 bridgehead atoms. The van der Waals surface area contributed by atoms with E-state index in [0.29, 0.717) is 0 Å². The number of nitrogens with one attached hydrogen (secondary N) is 2. The first-order chi connectivity index (χ1) is 8.09. The lowest BCUT2D eigenvalue weighted by molar-refractivity contribution is -0.131. The Hall–Kier alpha value is -1.10. The summed E-state index contributed by atoms with van der Waals surface area (Å²) in [4.78, 5) is 24.9. The van der Waals surface area contributed by atoms with Crippen LogP contribution >= 0.6 is 0 Å². The Bertz CT molecular complexity index is 260. The maximum absolute atomic E-state index is 11.7. The number of carbonyl (C=O) groups is 2. The molecule has 0 unspecified atom stereocenters. The fourth-order valence-electron chi connectivity index (χ4n) is 1.91. The second kappa shape index (κ2) is 7.27. The van der Waals surface area contributed by atoms with E-state index in [0.717, 1.165) is 25.9 Å².